The topological polar surface area (TPSA) is 64.3 Å². The number of carbonyl (C=O) groups excluding carboxylic acids is 1. The van der Waals surface area contributed by atoms with Crippen LogP contribution >= 0.6 is 0 Å². The van der Waals surface area contributed by atoms with Crippen molar-refractivity contribution < 1.29 is 9.53 Å². The van der Waals surface area contributed by atoms with Crippen molar-refractivity contribution in [3.05, 3.63) is 65.7 Å². The number of anilines is 1. The lowest BCUT2D eigenvalue weighted by atomic mass is 10.2. The van der Waals surface area contributed by atoms with E-state index in [1.165, 1.54) is 0 Å². The Morgan fingerprint density at radius 1 is 1.00 bits per heavy atom. The first-order chi connectivity index (χ1) is 9.74. The number of rotatable bonds is 6. The predicted octanol–water partition coefficient (Wildman–Crippen LogP) is 2.10. The van der Waals surface area contributed by atoms with Gasteiger partial charge in [-0.15, -0.1) is 0 Å². The molecule has 0 aliphatic carbocycles. The van der Waals surface area contributed by atoms with Crippen LogP contribution in [0.4, 0.5) is 5.69 Å². The zero-order chi connectivity index (χ0) is 14.2. The van der Waals surface area contributed by atoms with Crippen molar-refractivity contribution in [2.24, 2.45) is 0 Å². The molecule has 0 aliphatic rings. The first-order valence-corrected chi connectivity index (χ1v) is 6.47. The molecule has 2 aromatic rings. The predicted molar refractivity (Wildman–Crippen MR) is 78.8 cm³/mol. The highest BCUT2D eigenvalue weighted by molar-refractivity contribution is 5.77. The summed E-state index contributed by atoms with van der Waals surface area (Å²) >= 11 is 0. The molecule has 0 unspecified atom stereocenters. The van der Waals surface area contributed by atoms with Gasteiger partial charge in [-0.3, -0.25) is 4.79 Å². The molecular weight excluding hydrogens is 252 g/mol. The molecule has 0 saturated heterocycles. The molecule has 2 rings (SSSR count). The molecule has 4 nitrogen and oxygen atoms in total. The molecule has 0 atom stereocenters. The third-order valence-electron chi connectivity index (χ3n) is 2.81. The maximum Gasteiger partial charge on any atom is 0.246 e. The summed E-state index contributed by atoms with van der Waals surface area (Å²) < 4.78 is 5.36. The lowest BCUT2D eigenvalue weighted by Crippen LogP contribution is -2.27. The quantitative estimate of drug-likeness (QED) is 0.790. The zero-order valence-corrected chi connectivity index (χ0v) is 11.2. The molecule has 0 aliphatic heterocycles. The summed E-state index contributed by atoms with van der Waals surface area (Å²) in [7, 11) is 0. The summed E-state index contributed by atoms with van der Waals surface area (Å²) in [5, 5.41) is 2.81. The van der Waals surface area contributed by atoms with Crippen molar-refractivity contribution in [1.29, 1.82) is 0 Å². The summed E-state index contributed by atoms with van der Waals surface area (Å²) in [4.78, 5) is 11.6. The molecule has 0 bridgehead atoms. The highest BCUT2D eigenvalue weighted by Crippen LogP contribution is 2.06. The molecule has 3 N–H and O–H groups in total. The van der Waals surface area contributed by atoms with Gasteiger partial charge >= 0.3 is 0 Å². The van der Waals surface area contributed by atoms with E-state index in [1.807, 2.05) is 54.6 Å². The normalized spacial score (nSPS) is 10.2. The van der Waals surface area contributed by atoms with Crippen LogP contribution in [-0.4, -0.2) is 12.5 Å². The second kappa shape index (κ2) is 7.31. The van der Waals surface area contributed by atoms with Crippen molar-refractivity contribution in [2.75, 3.05) is 12.3 Å². The number of nitrogens with two attached hydrogens (primary N) is 1. The largest absolute Gasteiger partial charge is 0.399 e. The van der Waals surface area contributed by atoms with Gasteiger partial charge in [0, 0.05) is 12.2 Å². The number of nitrogens with one attached hydrogen (secondary N) is 1. The van der Waals surface area contributed by atoms with E-state index < -0.39 is 0 Å². The maximum absolute atomic E-state index is 11.6. The minimum atomic E-state index is -0.121. The van der Waals surface area contributed by atoms with E-state index in [4.69, 9.17) is 10.5 Å². The number of hydrogen-bond donors (Lipinski definition) is 2. The zero-order valence-electron chi connectivity index (χ0n) is 11.2. The highest BCUT2D eigenvalue weighted by Gasteiger charge is 2.01. The third kappa shape index (κ3) is 4.74. The maximum atomic E-state index is 11.6. The fourth-order valence-electron chi connectivity index (χ4n) is 1.72. The van der Waals surface area contributed by atoms with Gasteiger partial charge in [-0.2, -0.15) is 0 Å². The van der Waals surface area contributed by atoms with E-state index in [9.17, 15) is 4.79 Å². The Hall–Kier alpha value is -2.33. The molecule has 0 aromatic heterocycles. The fourth-order valence-corrected chi connectivity index (χ4v) is 1.72. The molecule has 0 heterocycles. The molecule has 104 valence electrons. The summed E-state index contributed by atoms with van der Waals surface area (Å²) in [6.45, 7) is 0.973. The van der Waals surface area contributed by atoms with Crippen LogP contribution in [0.25, 0.3) is 0 Å². The van der Waals surface area contributed by atoms with Crippen LogP contribution in [0.3, 0.4) is 0 Å². The van der Waals surface area contributed by atoms with Gasteiger partial charge in [0.1, 0.15) is 6.61 Å². The van der Waals surface area contributed by atoms with Crippen LogP contribution in [0, 0.1) is 0 Å². The van der Waals surface area contributed by atoms with Gasteiger partial charge < -0.3 is 15.8 Å². The first-order valence-electron chi connectivity index (χ1n) is 6.47. The van der Waals surface area contributed by atoms with Gasteiger partial charge in [-0.25, -0.2) is 0 Å². The second-order valence-corrected chi connectivity index (χ2v) is 4.50. The average molecular weight is 270 g/mol. The van der Waals surface area contributed by atoms with Crippen molar-refractivity contribution in [1.82, 2.24) is 5.32 Å². The van der Waals surface area contributed by atoms with E-state index in [2.05, 4.69) is 5.32 Å². The Kier molecular flexibility index (Phi) is 5.15. The summed E-state index contributed by atoms with van der Waals surface area (Å²) in [6.07, 6.45) is 0. The second-order valence-electron chi connectivity index (χ2n) is 4.50. The molecule has 1 amide bonds. The van der Waals surface area contributed by atoms with Gasteiger partial charge in [0.2, 0.25) is 5.91 Å². The summed E-state index contributed by atoms with van der Waals surface area (Å²) in [5.41, 5.74) is 8.37. The fraction of sp³-hybridized carbons (Fsp3) is 0.188. The van der Waals surface area contributed by atoms with Crippen LogP contribution in [0.15, 0.2) is 54.6 Å². The van der Waals surface area contributed by atoms with E-state index in [1.54, 1.807) is 0 Å². The van der Waals surface area contributed by atoms with Crippen LogP contribution in [-0.2, 0) is 22.7 Å². The minimum absolute atomic E-state index is 0.0528. The number of benzene rings is 2. The molecular formula is C16H18N2O2. The number of nitrogen functional groups attached to an aromatic ring is 1. The molecule has 4 heteroatoms. The third-order valence-corrected chi connectivity index (χ3v) is 2.81. The van der Waals surface area contributed by atoms with Gasteiger partial charge in [-0.1, -0.05) is 42.5 Å². The average Bonchev–Trinajstić information content (AvgIpc) is 2.48. The molecule has 20 heavy (non-hydrogen) atoms. The van der Waals surface area contributed by atoms with Crippen molar-refractivity contribution in [3.8, 4) is 0 Å². The Labute approximate surface area is 118 Å². The van der Waals surface area contributed by atoms with Gasteiger partial charge in [-0.05, 0) is 23.3 Å². The summed E-state index contributed by atoms with van der Waals surface area (Å²) in [6, 6.07) is 17.2. The minimum Gasteiger partial charge on any atom is -0.399 e. The summed E-state index contributed by atoms with van der Waals surface area (Å²) in [5.74, 6) is -0.121. The Bertz CT molecular complexity index is 538. The van der Waals surface area contributed by atoms with Crippen LogP contribution < -0.4 is 11.1 Å². The molecule has 0 spiro atoms. The highest BCUT2D eigenvalue weighted by atomic mass is 16.5. The number of amides is 1. The van der Waals surface area contributed by atoms with Crippen LogP contribution in [0.5, 0.6) is 0 Å². The SMILES string of the molecule is Nc1ccc(COCC(=O)NCc2ccccc2)cc1. The number of hydrogen-bond acceptors (Lipinski definition) is 3. The van der Waals surface area contributed by atoms with Crippen molar-refractivity contribution >= 4 is 11.6 Å². The molecule has 0 fully saturated rings. The molecule has 0 radical (unpaired) electrons. The number of ether oxygens (including phenoxy) is 1. The lowest BCUT2D eigenvalue weighted by molar-refractivity contribution is -0.126. The van der Waals surface area contributed by atoms with E-state index in [-0.39, 0.29) is 12.5 Å². The monoisotopic (exact) mass is 270 g/mol. The van der Waals surface area contributed by atoms with Gasteiger partial charge in [0.05, 0.1) is 6.61 Å². The Balaban J connectivity index is 1.66. The van der Waals surface area contributed by atoms with E-state index in [0.717, 1.165) is 11.1 Å². The first kappa shape index (κ1) is 14.1. The standard InChI is InChI=1S/C16H18N2O2/c17-15-8-6-14(7-9-15)11-20-12-16(19)18-10-13-4-2-1-3-5-13/h1-9H,10-12,17H2,(H,18,19). The van der Waals surface area contributed by atoms with E-state index in [0.29, 0.717) is 18.8 Å². The molecule has 0 saturated carbocycles. The van der Waals surface area contributed by atoms with Crippen molar-refractivity contribution in [2.45, 2.75) is 13.2 Å². The lowest BCUT2D eigenvalue weighted by Gasteiger charge is -2.06. The molecule has 2 aromatic carbocycles. The van der Waals surface area contributed by atoms with E-state index >= 15 is 0 Å². The Morgan fingerprint density at radius 3 is 2.40 bits per heavy atom. The van der Waals surface area contributed by atoms with Crippen molar-refractivity contribution in [3.63, 3.8) is 0 Å². The number of carbonyl (C=O) groups is 1. The van der Waals surface area contributed by atoms with Crippen LogP contribution in [0.1, 0.15) is 11.1 Å². The van der Waals surface area contributed by atoms with Crippen LogP contribution in [0.2, 0.25) is 0 Å². The Morgan fingerprint density at radius 2 is 1.70 bits per heavy atom. The van der Waals surface area contributed by atoms with Gasteiger partial charge in [0.25, 0.3) is 0 Å². The van der Waals surface area contributed by atoms with Gasteiger partial charge in [0.15, 0.2) is 0 Å². The smallest absolute Gasteiger partial charge is 0.246 e.